The number of aliphatic carboxylic acids is 1. The van der Waals surface area contributed by atoms with Crippen molar-refractivity contribution in [1.82, 2.24) is 10.2 Å². The molecule has 0 spiro atoms. The molecule has 4 nitrogen and oxygen atoms in total. The lowest BCUT2D eigenvalue weighted by atomic mass is 9.94. The fourth-order valence-corrected chi connectivity index (χ4v) is 3.98. The molecule has 3 unspecified atom stereocenters. The first-order valence-electron chi connectivity index (χ1n) is 7.81. The lowest BCUT2D eigenvalue weighted by Gasteiger charge is -2.40. The molecular weight excluding hydrogens is 240 g/mol. The molecule has 0 aromatic carbocycles. The second-order valence-electron chi connectivity index (χ2n) is 6.21. The zero-order chi connectivity index (χ0) is 13.9. The third-order valence-corrected chi connectivity index (χ3v) is 5.14. The van der Waals surface area contributed by atoms with Crippen LogP contribution in [0.15, 0.2) is 0 Å². The largest absolute Gasteiger partial charge is 0.480 e. The van der Waals surface area contributed by atoms with E-state index in [2.05, 4.69) is 17.1 Å². The Bertz CT molecular complexity index is 319. The Morgan fingerprint density at radius 1 is 1.42 bits per heavy atom. The number of rotatable bonds is 5. The van der Waals surface area contributed by atoms with Crippen LogP contribution in [0.2, 0.25) is 0 Å². The van der Waals surface area contributed by atoms with Gasteiger partial charge in [-0.1, -0.05) is 19.8 Å². The highest BCUT2D eigenvalue weighted by molar-refractivity contribution is 5.79. The van der Waals surface area contributed by atoms with Gasteiger partial charge in [0.15, 0.2) is 0 Å². The quantitative estimate of drug-likeness (QED) is 0.803. The van der Waals surface area contributed by atoms with Crippen molar-refractivity contribution in [2.45, 2.75) is 75.9 Å². The van der Waals surface area contributed by atoms with Crippen LogP contribution in [0.5, 0.6) is 0 Å². The average molecular weight is 268 g/mol. The van der Waals surface area contributed by atoms with Gasteiger partial charge in [0.1, 0.15) is 5.54 Å². The molecule has 110 valence electrons. The van der Waals surface area contributed by atoms with Crippen molar-refractivity contribution in [2.75, 3.05) is 13.6 Å². The summed E-state index contributed by atoms with van der Waals surface area (Å²) >= 11 is 0. The number of carboxylic acid groups (broad SMARTS) is 1. The lowest BCUT2D eigenvalue weighted by molar-refractivity contribution is -0.144. The fourth-order valence-electron chi connectivity index (χ4n) is 3.98. The number of piperidine rings is 1. The highest BCUT2D eigenvalue weighted by atomic mass is 16.4. The molecule has 1 aliphatic heterocycles. The average Bonchev–Trinajstić information content (AvgIpc) is 2.85. The zero-order valence-electron chi connectivity index (χ0n) is 12.3. The molecule has 2 fully saturated rings. The number of carboxylic acids is 1. The van der Waals surface area contributed by atoms with Gasteiger partial charge in [0.05, 0.1) is 0 Å². The predicted octanol–water partition coefficient (Wildman–Crippen LogP) is 2.24. The molecule has 4 heteroatoms. The van der Waals surface area contributed by atoms with Gasteiger partial charge in [-0.2, -0.15) is 0 Å². The number of hydrogen-bond acceptors (Lipinski definition) is 3. The molecule has 1 saturated heterocycles. The smallest absolute Gasteiger partial charge is 0.323 e. The van der Waals surface area contributed by atoms with Crippen molar-refractivity contribution in [3.05, 3.63) is 0 Å². The summed E-state index contributed by atoms with van der Waals surface area (Å²) in [5.41, 5.74) is -0.682. The number of nitrogens with zero attached hydrogens (tertiary/aromatic N) is 1. The molecule has 1 saturated carbocycles. The topological polar surface area (TPSA) is 52.6 Å². The Labute approximate surface area is 116 Å². The van der Waals surface area contributed by atoms with Gasteiger partial charge in [-0.25, -0.2) is 0 Å². The van der Waals surface area contributed by atoms with E-state index in [1.807, 2.05) is 0 Å². The van der Waals surface area contributed by atoms with E-state index in [0.717, 1.165) is 25.8 Å². The van der Waals surface area contributed by atoms with Crippen molar-refractivity contribution < 1.29 is 9.90 Å². The molecule has 2 rings (SSSR count). The van der Waals surface area contributed by atoms with Crippen molar-refractivity contribution in [3.63, 3.8) is 0 Å². The Hall–Kier alpha value is -0.610. The fraction of sp³-hybridized carbons (Fsp3) is 0.933. The molecule has 0 amide bonds. The van der Waals surface area contributed by atoms with E-state index >= 15 is 0 Å². The monoisotopic (exact) mass is 268 g/mol. The summed E-state index contributed by atoms with van der Waals surface area (Å²) in [6.07, 6.45) is 8.94. The molecule has 1 heterocycles. The predicted molar refractivity (Wildman–Crippen MR) is 76.3 cm³/mol. The van der Waals surface area contributed by atoms with Gasteiger partial charge in [0, 0.05) is 12.1 Å². The number of carbonyl (C=O) groups is 1. The minimum atomic E-state index is -0.682. The summed E-state index contributed by atoms with van der Waals surface area (Å²) in [4.78, 5) is 14.1. The van der Waals surface area contributed by atoms with Crippen LogP contribution in [0.4, 0.5) is 0 Å². The van der Waals surface area contributed by atoms with Crippen LogP contribution in [0.3, 0.4) is 0 Å². The van der Waals surface area contributed by atoms with Crippen LogP contribution in [0.25, 0.3) is 0 Å². The Morgan fingerprint density at radius 3 is 2.79 bits per heavy atom. The van der Waals surface area contributed by atoms with E-state index in [0.29, 0.717) is 12.1 Å². The summed E-state index contributed by atoms with van der Waals surface area (Å²) in [6, 6.07) is 1.14. The third kappa shape index (κ3) is 2.95. The minimum absolute atomic E-state index is 0.459. The number of nitrogens with one attached hydrogen (secondary N) is 1. The molecule has 0 bridgehead atoms. The summed E-state index contributed by atoms with van der Waals surface area (Å²) in [6.45, 7) is 3.41. The molecule has 0 radical (unpaired) electrons. The van der Waals surface area contributed by atoms with Crippen molar-refractivity contribution >= 4 is 5.97 Å². The number of likely N-dealkylation sites (tertiary alicyclic amines) is 1. The molecule has 0 aromatic rings. The van der Waals surface area contributed by atoms with Crippen LogP contribution in [-0.2, 0) is 4.79 Å². The SMILES string of the molecule is CCCC1CCCCN1C1CCC(NC)(C(=O)O)C1. The lowest BCUT2D eigenvalue weighted by Crippen LogP contribution is -2.51. The van der Waals surface area contributed by atoms with Gasteiger partial charge in [0.25, 0.3) is 0 Å². The highest BCUT2D eigenvalue weighted by Gasteiger charge is 2.47. The first kappa shape index (κ1) is 14.8. The summed E-state index contributed by atoms with van der Waals surface area (Å²) in [7, 11) is 1.79. The second kappa shape index (κ2) is 6.23. The molecule has 2 aliphatic rings. The van der Waals surface area contributed by atoms with Crippen molar-refractivity contribution in [2.24, 2.45) is 0 Å². The molecular formula is C15H28N2O2. The van der Waals surface area contributed by atoms with Crippen LogP contribution < -0.4 is 5.32 Å². The van der Waals surface area contributed by atoms with E-state index < -0.39 is 11.5 Å². The first-order chi connectivity index (χ1) is 9.13. The van der Waals surface area contributed by atoms with Gasteiger partial charge in [0.2, 0.25) is 0 Å². The normalized spacial score (nSPS) is 36.5. The highest BCUT2D eigenvalue weighted by Crippen LogP contribution is 2.36. The molecule has 2 N–H and O–H groups in total. The maximum atomic E-state index is 11.5. The van der Waals surface area contributed by atoms with E-state index in [-0.39, 0.29) is 0 Å². The standard InChI is InChI=1S/C15H28N2O2/c1-3-6-12-7-4-5-10-17(12)13-8-9-15(11-13,16-2)14(18)19/h12-13,16H,3-11H2,1-2H3,(H,18,19). The molecule has 1 aliphatic carbocycles. The van der Waals surface area contributed by atoms with Crippen LogP contribution >= 0.6 is 0 Å². The maximum absolute atomic E-state index is 11.5. The first-order valence-corrected chi connectivity index (χ1v) is 7.81. The van der Waals surface area contributed by atoms with Gasteiger partial charge < -0.3 is 10.4 Å². The third-order valence-electron chi connectivity index (χ3n) is 5.14. The Kier molecular flexibility index (Phi) is 4.85. The van der Waals surface area contributed by atoms with Crippen molar-refractivity contribution in [3.8, 4) is 0 Å². The molecule has 19 heavy (non-hydrogen) atoms. The molecule has 0 aromatic heterocycles. The van der Waals surface area contributed by atoms with E-state index in [9.17, 15) is 9.90 Å². The van der Waals surface area contributed by atoms with Gasteiger partial charge in [-0.3, -0.25) is 9.69 Å². The summed E-state index contributed by atoms with van der Waals surface area (Å²) in [5.74, 6) is -0.679. The summed E-state index contributed by atoms with van der Waals surface area (Å²) in [5, 5.41) is 12.5. The minimum Gasteiger partial charge on any atom is -0.480 e. The van der Waals surface area contributed by atoms with E-state index in [4.69, 9.17) is 0 Å². The second-order valence-corrected chi connectivity index (χ2v) is 6.21. The van der Waals surface area contributed by atoms with Crippen LogP contribution in [0, 0.1) is 0 Å². The van der Waals surface area contributed by atoms with Crippen LogP contribution in [-0.4, -0.2) is 47.2 Å². The Morgan fingerprint density at radius 2 is 2.21 bits per heavy atom. The van der Waals surface area contributed by atoms with Gasteiger partial charge in [-0.05, 0) is 52.1 Å². The van der Waals surface area contributed by atoms with Crippen LogP contribution in [0.1, 0.15) is 58.3 Å². The van der Waals surface area contributed by atoms with Crippen molar-refractivity contribution in [1.29, 1.82) is 0 Å². The van der Waals surface area contributed by atoms with E-state index in [1.165, 1.54) is 32.1 Å². The number of likely N-dealkylation sites (N-methyl/N-ethyl adjacent to an activating group) is 1. The number of hydrogen-bond donors (Lipinski definition) is 2. The van der Waals surface area contributed by atoms with Gasteiger partial charge in [-0.15, -0.1) is 0 Å². The summed E-state index contributed by atoms with van der Waals surface area (Å²) < 4.78 is 0. The zero-order valence-corrected chi connectivity index (χ0v) is 12.3. The Balaban J connectivity index is 2.03. The van der Waals surface area contributed by atoms with Gasteiger partial charge >= 0.3 is 5.97 Å². The maximum Gasteiger partial charge on any atom is 0.323 e. The van der Waals surface area contributed by atoms with E-state index in [1.54, 1.807) is 7.05 Å². The molecule has 3 atom stereocenters.